The third-order valence-corrected chi connectivity index (χ3v) is 7.02. The van der Waals surface area contributed by atoms with Crippen LogP contribution < -0.4 is 9.47 Å². The molecule has 204 valence electrons. The lowest BCUT2D eigenvalue weighted by Gasteiger charge is -2.28. The van der Waals surface area contributed by atoms with Crippen LogP contribution in [0.1, 0.15) is 54.2 Å². The lowest BCUT2D eigenvalue weighted by Crippen LogP contribution is -2.27. The molecule has 1 N–H and O–H groups in total. The minimum Gasteiger partial charge on any atom is -0.487 e. The molecule has 39 heavy (non-hydrogen) atoms. The maximum Gasteiger partial charge on any atom is 0.573 e. The minimum absolute atomic E-state index is 0.275. The van der Waals surface area contributed by atoms with E-state index in [-0.39, 0.29) is 18.3 Å². The predicted octanol–water partition coefficient (Wildman–Crippen LogP) is 6.62. The van der Waals surface area contributed by atoms with E-state index in [1.807, 2.05) is 41.8 Å². The lowest BCUT2D eigenvalue weighted by atomic mass is 9.78. The number of aliphatic carboxylic acids is 1. The molecule has 2 aromatic carbocycles. The summed E-state index contributed by atoms with van der Waals surface area (Å²) in [5.41, 5.74) is 4.00. The van der Waals surface area contributed by atoms with Crippen LogP contribution in [-0.4, -0.2) is 32.0 Å². The SMILES string of the molecule is Cc1ccc(COc2ccc3nc([C@H]4CCCC[C@@H]4C(=O)O)n(Cc4ccc(OC(F)(F)F)cc4)c3c2)nc1. The largest absolute Gasteiger partial charge is 0.573 e. The highest BCUT2D eigenvalue weighted by Gasteiger charge is 2.35. The molecule has 0 spiro atoms. The van der Waals surface area contributed by atoms with Gasteiger partial charge in [-0.15, -0.1) is 13.2 Å². The van der Waals surface area contributed by atoms with Gasteiger partial charge in [0, 0.05) is 24.7 Å². The number of rotatable bonds is 8. The van der Waals surface area contributed by atoms with Crippen LogP contribution in [0.15, 0.2) is 60.8 Å². The van der Waals surface area contributed by atoms with Crippen LogP contribution >= 0.6 is 0 Å². The topological polar surface area (TPSA) is 86.5 Å². The molecule has 4 aromatic rings. The molecule has 10 heteroatoms. The third kappa shape index (κ3) is 6.32. The molecule has 2 atom stereocenters. The van der Waals surface area contributed by atoms with Crippen LogP contribution in [-0.2, 0) is 17.9 Å². The lowest BCUT2D eigenvalue weighted by molar-refractivity contribution is -0.274. The van der Waals surface area contributed by atoms with Crippen LogP contribution in [0.5, 0.6) is 11.5 Å². The predicted molar refractivity (Wildman–Crippen MR) is 138 cm³/mol. The number of carboxylic acid groups (broad SMARTS) is 1. The van der Waals surface area contributed by atoms with Crippen molar-refractivity contribution >= 4 is 17.0 Å². The molecule has 0 amide bonds. The van der Waals surface area contributed by atoms with Gasteiger partial charge in [0.15, 0.2) is 0 Å². The second-order valence-electron chi connectivity index (χ2n) is 9.85. The Morgan fingerprint density at radius 1 is 1.05 bits per heavy atom. The van der Waals surface area contributed by atoms with E-state index in [1.165, 1.54) is 12.1 Å². The summed E-state index contributed by atoms with van der Waals surface area (Å²) in [4.78, 5) is 21.3. The van der Waals surface area contributed by atoms with Gasteiger partial charge in [0.1, 0.15) is 23.9 Å². The monoisotopic (exact) mass is 539 g/mol. The molecule has 7 nitrogen and oxygen atoms in total. The van der Waals surface area contributed by atoms with Gasteiger partial charge in [-0.3, -0.25) is 9.78 Å². The average molecular weight is 540 g/mol. The van der Waals surface area contributed by atoms with Gasteiger partial charge in [0.2, 0.25) is 0 Å². The normalized spacial score (nSPS) is 17.7. The first-order chi connectivity index (χ1) is 18.7. The summed E-state index contributed by atoms with van der Waals surface area (Å²) in [6, 6.07) is 15.0. The molecular weight excluding hydrogens is 511 g/mol. The number of hydrogen-bond donors (Lipinski definition) is 1. The van der Waals surface area contributed by atoms with Crippen LogP contribution in [0.25, 0.3) is 11.0 Å². The zero-order valence-electron chi connectivity index (χ0n) is 21.3. The van der Waals surface area contributed by atoms with Crippen molar-refractivity contribution in [3.05, 3.63) is 83.4 Å². The number of halogens is 3. The fraction of sp³-hybridized carbons (Fsp3) is 0.345. The van der Waals surface area contributed by atoms with Gasteiger partial charge in [-0.1, -0.05) is 31.0 Å². The minimum atomic E-state index is -4.77. The fourth-order valence-corrected chi connectivity index (χ4v) is 5.12. The van der Waals surface area contributed by atoms with Crippen molar-refractivity contribution in [1.29, 1.82) is 0 Å². The Bertz CT molecular complexity index is 1450. The Morgan fingerprint density at radius 2 is 1.79 bits per heavy atom. The third-order valence-electron chi connectivity index (χ3n) is 7.02. The highest BCUT2D eigenvalue weighted by atomic mass is 19.4. The Kier molecular flexibility index (Phi) is 7.45. The van der Waals surface area contributed by atoms with Gasteiger partial charge >= 0.3 is 12.3 Å². The molecule has 0 bridgehead atoms. The van der Waals surface area contributed by atoms with E-state index < -0.39 is 18.2 Å². The van der Waals surface area contributed by atoms with Gasteiger partial charge in [0.05, 0.1) is 22.6 Å². The molecule has 1 fully saturated rings. The Morgan fingerprint density at radius 3 is 2.49 bits per heavy atom. The number of ether oxygens (including phenoxy) is 2. The van der Waals surface area contributed by atoms with Crippen LogP contribution in [0.4, 0.5) is 13.2 Å². The summed E-state index contributed by atoms with van der Waals surface area (Å²) in [5, 5.41) is 9.92. The van der Waals surface area contributed by atoms with E-state index in [1.54, 1.807) is 18.3 Å². The molecule has 2 aromatic heterocycles. The van der Waals surface area contributed by atoms with Crippen LogP contribution in [0.2, 0.25) is 0 Å². The van der Waals surface area contributed by atoms with E-state index >= 15 is 0 Å². The Balaban J connectivity index is 1.49. The highest BCUT2D eigenvalue weighted by molar-refractivity contribution is 5.79. The summed E-state index contributed by atoms with van der Waals surface area (Å²) >= 11 is 0. The van der Waals surface area contributed by atoms with E-state index in [0.717, 1.165) is 35.2 Å². The maximum atomic E-state index is 12.6. The van der Waals surface area contributed by atoms with Crippen molar-refractivity contribution < 1.29 is 32.5 Å². The van der Waals surface area contributed by atoms with E-state index in [4.69, 9.17) is 9.72 Å². The number of alkyl halides is 3. The van der Waals surface area contributed by atoms with E-state index in [2.05, 4.69) is 9.72 Å². The van der Waals surface area contributed by atoms with Crippen molar-refractivity contribution in [2.75, 3.05) is 0 Å². The van der Waals surface area contributed by atoms with Gasteiger partial charge < -0.3 is 19.1 Å². The van der Waals surface area contributed by atoms with Crippen molar-refractivity contribution in [3.63, 3.8) is 0 Å². The molecule has 0 unspecified atom stereocenters. The highest BCUT2D eigenvalue weighted by Crippen LogP contribution is 2.39. The van der Waals surface area contributed by atoms with Crippen LogP contribution in [0, 0.1) is 12.8 Å². The summed E-state index contributed by atoms with van der Waals surface area (Å²) in [6.07, 6.45) is 0.0218. The van der Waals surface area contributed by atoms with Crippen LogP contribution in [0.3, 0.4) is 0 Å². The first-order valence-electron chi connectivity index (χ1n) is 12.8. The molecule has 0 aliphatic heterocycles. The number of imidazole rings is 1. The van der Waals surface area contributed by atoms with E-state index in [9.17, 15) is 23.1 Å². The first-order valence-corrected chi connectivity index (χ1v) is 12.8. The number of nitrogens with zero attached hydrogens (tertiary/aromatic N) is 3. The molecule has 1 saturated carbocycles. The van der Waals surface area contributed by atoms with Gasteiger partial charge in [-0.05, 0) is 61.2 Å². The summed E-state index contributed by atoms with van der Waals surface area (Å²) in [7, 11) is 0. The molecule has 0 radical (unpaired) electrons. The molecule has 1 aliphatic rings. The summed E-state index contributed by atoms with van der Waals surface area (Å²) in [6.45, 7) is 2.53. The van der Waals surface area contributed by atoms with Gasteiger partial charge in [0.25, 0.3) is 0 Å². The van der Waals surface area contributed by atoms with E-state index in [0.29, 0.717) is 36.5 Å². The number of carbonyl (C=O) groups is 1. The molecule has 5 rings (SSSR count). The van der Waals surface area contributed by atoms with Gasteiger partial charge in [-0.2, -0.15) is 0 Å². The Hall–Kier alpha value is -4.08. The first kappa shape index (κ1) is 26.5. The zero-order chi connectivity index (χ0) is 27.6. The number of aryl methyl sites for hydroxylation is 1. The average Bonchev–Trinajstić information content (AvgIpc) is 3.26. The number of fused-ring (bicyclic) bond motifs is 1. The van der Waals surface area contributed by atoms with Crippen molar-refractivity contribution in [2.24, 2.45) is 5.92 Å². The number of carboxylic acids is 1. The standard InChI is InChI=1S/C29H28F3N3O4/c1-18-6-9-20(33-15-18)17-38-22-12-13-25-26(14-22)35(16-19-7-10-21(11-8-19)39-29(30,31)32)27(34-25)23-4-2-3-5-24(23)28(36)37/h6-15,23-24H,2-5,16-17H2,1H3,(H,36,37)/t23-,24-/m0/s1. The molecule has 2 heterocycles. The quantitative estimate of drug-likeness (QED) is 0.271. The van der Waals surface area contributed by atoms with Crippen molar-refractivity contribution in [3.8, 4) is 11.5 Å². The second-order valence-corrected chi connectivity index (χ2v) is 9.85. The summed E-state index contributed by atoms with van der Waals surface area (Å²) in [5.74, 6) is -0.727. The summed E-state index contributed by atoms with van der Waals surface area (Å²) < 4.78 is 49.8. The van der Waals surface area contributed by atoms with Gasteiger partial charge in [-0.25, -0.2) is 4.98 Å². The number of pyridine rings is 1. The Labute approximate surface area is 223 Å². The smallest absolute Gasteiger partial charge is 0.487 e. The zero-order valence-corrected chi connectivity index (χ0v) is 21.3. The maximum absolute atomic E-state index is 12.6. The van der Waals surface area contributed by atoms with Crippen molar-refractivity contribution in [1.82, 2.24) is 14.5 Å². The molecule has 0 saturated heterocycles. The second kappa shape index (κ2) is 11.0. The molecule has 1 aliphatic carbocycles. The number of benzene rings is 2. The van der Waals surface area contributed by atoms with Crippen molar-refractivity contribution in [2.45, 2.75) is 58.0 Å². The number of aromatic nitrogens is 3. The fourth-order valence-electron chi connectivity index (χ4n) is 5.12. The number of hydrogen-bond acceptors (Lipinski definition) is 5. The molecular formula is C29H28F3N3O4.